The number of carbonyl (C=O) groups is 1. The maximum atomic E-state index is 13.1. The minimum absolute atomic E-state index is 0.105. The van der Waals surface area contributed by atoms with Gasteiger partial charge in [-0.15, -0.1) is 0 Å². The fraction of sp³-hybridized carbons (Fsp3) is 0. The maximum Gasteiger partial charge on any atom is 0.294 e. The van der Waals surface area contributed by atoms with Crippen molar-refractivity contribution in [3.8, 4) is 0 Å². The van der Waals surface area contributed by atoms with Crippen LogP contribution in [0.15, 0.2) is 77.9 Å². The van der Waals surface area contributed by atoms with Crippen LogP contribution in [-0.2, 0) is 0 Å². The second-order valence-corrected chi connectivity index (χ2v) is 7.31. The van der Waals surface area contributed by atoms with Crippen LogP contribution in [0.5, 0.6) is 0 Å². The summed E-state index contributed by atoms with van der Waals surface area (Å²) in [6.07, 6.45) is 1.44. The number of nitro benzene ring substituents is 1. The number of rotatable bonds is 5. The average molecular weight is 453 g/mol. The summed E-state index contributed by atoms with van der Waals surface area (Å²) in [7, 11) is 0. The van der Waals surface area contributed by atoms with Crippen LogP contribution >= 0.6 is 23.2 Å². The van der Waals surface area contributed by atoms with Gasteiger partial charge in [0.25, 0.3) is 11.6 Å². The van der Waals surface area contributed by atoms with Crippen LogP contribution in [0.25, 0.3) is 10.9 Å². The molecular formula is C22H14Cl2N4O3. The number of aromatic nitrogens is 1. The number of fused-ring (bicyclic) bond motifs is 1. The third-order valence-electron chi connectivity index (χ3n) is 4.63. The highest BCUT2D eigenvalue weighted by Gasteiger charge is 2.20. The second kappa shape index (κ2) is 8.59. The zero-order valence-electron chi connectivity index (χ0n) is 15.8. The van der Waals surface area contributed by atoms with E-state index in [0.29, 0.717) is 27.1 Å². The van der Waals surface area contributed by atoms with Crippen molar-refractivity contribution in [1.82, 2.24) is 4.57 Å². The summed E-state index contributed by atoms with van der Waals surface area (Å²) in [5, 5.41) is 16.7. The molecule has 0 bridgehead atoms. The maximum absolute atomic E-state index is 13.1. The van der Waals surface area contributed by atoms with E-state index in [1.807, 2.05) is 12.1 Å². The third kappa shape index (κ3) is 4.01. The number of nitrogens with one attached hydrogen (secondary N) is 1. The molecule has 0 amide bonds. The Kier molecular flexibility index (Phi) is 5.70. The Morgan fingerprint density at radius 2 is 1.68 bits per heavy atom. The number of halogens is 2. The van der Waals surface area contributed by atoms with Gasteiger partial charge in [-0.1, -0.05) is 53.5 Å². The molecule has 4 aromatic rings. The van der Waals surface area contributed by atoms with E-state index < -0.39 is 4.92 Å². The fourth-order valence-corrected chi connectivity index (χ4v) is 3.61. The van der Waals surface area contributed by atoms with E-state index in [1.165, 1.54) is 16.8 Å². The number of anilines is 1. The van der Waals surface area contributed by atoms with Gasteiger partial charge in [-0.3, -0.25) is 24.9 Å². The van der Waals surface area contributed by atoms with E-state index >= 15 is 0 Å². The lowest BCUT2D eigenvalue weighted by Gasteiger charge is -2.06. The number of nitrogens with zero attached hydrogens (tertiary/aromatic N) is 3. The van der Waals surface area contributed by atoms with Crippen LogP contribution in [0.1, 0.15) is 15.9 Å². The minimum Gasteiger partial charge on any atom is -0.272 e. The summed E-state index contributed by atoms with van der Waals surface area (Å²) < 4.78 is 1.40. The second-order valence-electron chi connectivity index (χ2n) is 6.51. The van der Waals surface area contributed by atoms with E-state index in [4.69, 9.17) is 23.2 Å². The van der Waals surface area contributed by atoms with Gasteiger partial charge in [0.15, 0.2) is 0 Å². The molecule has 0 aliphatic heterocycles. The Morgan fingerprint density at radius 1 is 1.00 bits per heavy atom. The average Bonchev–Trinajstić information content (AvgIpc) is 3.05. The normalized spacial score (nSPS) is 11.2. The molecule has 1 N–H and O–H groups in total. The fourth-order valence-electron chi connectivity index (χ4n) is 3.17. The van der Waals surface area contributed by atoms with Crippen LogP contribution in [0.3, 0.4) is 0 Å². The highest BCUT2D eigenvalue weighted by Crippen LogP contribution is 2.30. The SMILES string of the molecule is O=C(c1ccc(Cl)cc1)n1c(Cl)c(/C=N\Nc2ccccc2[N+](=O)[O-])c2ccccc21. The number of carbonyl (C=O) groups excluding carboxylic acids is 1. The molecular weight excluding hydrogens is 439 g/mol. The Balaban J connectivity index is 1.74. The molecule has 3 aromatic carbocycles. The van der Waals surface area contributed by atoms with E-state index in [9.17, 15) is 14.9 Å². The first-order valence-electron chi connectivity index (χ1n) is 9.09. The summed E-state index contributed by atoms with van der Waals surface area (Å²) in [5.74, 6) is -0.316. The van der Waals surface area contributed by atoms with Crippen LogP contribution in [0.2, 0.25) is 10.2 Å². The summed E-state index contributed by atoms with van der Waals surface area (Å²) >= 11 is 12.5. The lowest BCUT2D eigenvalue weighted by atomic mass is 10.2. The number of hydrogen-bond donors (Lipinski definition) is 1. The van der Waals surface area contributed by atoms with Crippen molar-refractivity contribution in [2.75, 3.05) is 5.43 Å². The van der Waals surface area contributed by atoms with Crippen LogP contribution < -0.4 is 5.43 Å². The predicted molar refractivity (Wildman–Crippen MR) is 122 cm³/mol. The first-order valence-corrected chi connectivity index (χ1v) is 9.84. The van der Waals surface area contributed by atoms with Crippen LogP contribution in [0.4, 0.5) is 11.4 Å². The van der Waals surface area contributed by atoms with Gasteiger partial charge in [0.1, 0.15) is 10.8 Å². The number of benzene rings is 3. The van der Waals surface area contributed by atoms with Gasteiger partial charge in [-0.05, 0) is 36.4 Å². The zero-order chi connectivity index (χ0) is 22.0. The zero-order valence-corrected chi connectivity index (χ0v) is 17.3. The molecule has 9 heteroatoms. The summed E-state index contributed by atoms with van der Waals surface area (Å²) in [6, 6.07) is 19.9. The highest BCUT2D eigenvalue weighted by molar-refractivity contribution is 6.36. The molecule has 0 atom stereocenters. The van der Waals surface area contributed by atoms with Gasteiger partial charge in [-0.2, -0.15) is 5.10 Å². The highest BCUT2D eigenvalue weighted by atomic mass is 35.5. The molecule has 4 rings (SSSR count). The van der Waals surface area contributed by atoms with Gasteiger partial charge < -0.3 is 0 Å². The molecule has 0 saturated heterocycles. The summed E-state index contributed by atoms with van der Waals surface area (Å²) in [5.41, 5.74) is 4.34. The first-order chi connectivity index (χ1) is 15.0. The molecule has 1 heterocycles. The van der Waals surface area contributed by atoms with E-state index in [1.54, 1.807) is 54.6 Å². The van der Waals surface area contributed by atoms with Crippen molar-refractivity contribution in [1.29, 1.82) is 0 Å². The van der Waals surface area contributed by atoms with Gasteiger partial charge in [-0.25, -0.2) is 0 Å². The van der Waals surface area contributed by atoms with Crippen molar-refractivity contribution in [2.24, 2.45) is 5.10 Å². The van der Waals surface area contributed by atoms with Gasteiger partial charge in [0.05, 0.1) is 16.7 Å². The lowest BCUT2D eigenvalue weighted by molar-refractivity contribution is -0.384. The largest absolute Gasteiger partial charge is 0.294 e. The van der Waals surface area contributed by atoms with Crippen LogP contribution in [0, 0.1) is 10.1 Å². The molecule has 0 fully saturated rings. The Labute approximate surface area is 186 Å². The predicted octanol–water partition coefficient (Wildman–Crippen LogP) is 5.99. The van der Waals surface area contributed by atoms with Crippen molar-refractivity contribution in [3.05, 3.63) is 104 Å². The smallest absolute Gasteiger partial charge is 0.272 e. The standard InChI is InChI=1S/C22H14Cl2N4O3/c23-15-11-9-14(10-12-15)22(29)27-19-7-3-1-5-16(19)17(21(27)24)13-25-26-18-6-2-4-8-20(18)28(30)31/h1-13,26H/b25-13-. The van der Waals surface area contributed by atoms with Gasteiger partial charge in [0.2, 0.25) is 0 Å². The Morgan fingerprint density at radius 3 is 2.42 bits per heavy atom. The number of para-hydroxylation sites is 3. The molecule has 0 saturated carbocycles. The molecule has 0 unspecified atom stereocenters. The molecule has 31 heavy (non-hydrogen) atoms. The summed E-state index contributed by atoms with van der Waals surface area (Å²) in [4.78, 5) is 23.8. The Hall–Kier alpha value is -3.68. The number of hydrogen-bond acceptors (Lipinski definition) is 5. The minimum atomic E-state index is -0.499. The van der Waals surface area contributed by atoms with E-state index in [-0.39, 0.29) is 22.4 Å². The van der Waals surface area contributed by atoms with E-state index in [2.05, 4.69) is 10.5 Å². The van der Waals surface area contributed by atoms with Crippen molar-refractivity contribution in [2.45, 2.75) is 0 Å². The molecule has 154 valence electrons. The summed E-state index contributed by atoms with van der Waals surface area (Å²) in [6.45, 7) is 0. The van der Waals surface area contributed by atoms with Crippen molar-refractivity contribution in [3.63, 3.8) is 0 Å². The monoisotopic (exact) mass is 452 g/mol. The molecule has 0 radical (unpaired) electrons. The molecule has 1 aromatic heterocycles. The van der Waals surface area contributed by atoms with Crippen LogP contribution in [-0.4, -0.2) is 21.6 Å². The van der Waals surface area contributed by atoms with Crippen molar-refractivity contribution < 1.29 is 9.72 Å². The lowest BCUT2D eigenvalue weighted by Crippen LogP contribution is -2.12. The molecule has 0 aliphatic rings. The molecule has 0 aliphatic carbocycles. The molecule has 7 nitrogen and oxygen atoms in total. The third-order valence-corrected chi connectivity index (χ3v) is 5.25. The topological polar surface area (TPSA) is 89.5 Å². The first kappa shape index (κ1) is 20.6. The number of nitro groups is 1. The Bertz CT molecular complexity index is 1330. The van der Waals surface area contributed by atoms with Gasteiger partial charge >= 0.3 is 0 Å². The number of hydrazone groups is 1. The molecule has 0 spiro atoms. The van der Waals surface area contributed by atoms with Crippen molar-refractivity contribution >= 4 is 57.6 Å². The van der Waals surface area contributed by atoms with E-state index in [0.717, 1.165) is 0 Å². The van der Waals surface area contributed by atoms with Gasteiger partial charge in [0, 0.05) is 27.6 Å². The quantitative estimate of drug-likeness (QED) is 0.228.